The van der Waals surface area contributed by atoms with Crippen LogP contribution >= 0.6 is 11.6 Å². The molecule has 0 aliphatic rings. The Kier molecular flexibility index (Phi) is 5.17. The third kappa shape index (κ3) is 3.60. The Morgan fingerprint density at radius 3 is 2.80 bits per heavy atom. The fraction of sp³-hybridized carbons (Fsp3) is 0.214. The lowest BCUT2D eigenvalue weighted by molar-refractivity contribution is 0.282. The lowest BCUT2D eigenvalue weighted by Gasteiger charge is -2.11. The number of nitrogens with two attached hydrogens (primary N) is 1. The third-order valence-electron chi connectivity index (χ3n) is 2.78. The van der Waals surface area contributed by atoms with E-state index in [0.717, 1.165) is 5.56 Å². The van der Waals surface area contributed by atoms with Gasteiger partial charge in [-0.25, -0.2) is 10.8 Å². The summed E-state index contributed by atoms with van der Waals surface area (Å²) in [4.78, 5) is 4.24. The van der Waals surface area contributed by atoms with Crippen LogP contribution in [0, 0.1) is 0 Å². The number of nitrogen functional groups attached to an aromatic ring is 1. The monoisotopic (exact) mass is 293 g/mol. The Morgan fingerprint density at radius 1 is 1.25 bits per heavy atom. The predicted molar refractivity (Wildman–Crippen MR) is 78.6 cm³/mol. The number of nitrogens with zero attached hydrogens (tertiary/aromatic N) is 1. The summed E-state index contributed by atoms with van der Waals surface area (Å²) < 4.78 is 5.73. The molecule has 0 saturated carbocycles. The van der Waals surface area contributed by atoms with Crippen molar-refractivity contribution < 1.29 is 9.84 Å². The zero-order valence-electron chi connectivity index (χ0n) is 10.8. The molecule has 0 aliphatic carbocycles. The molecule has 0 fully saturated rings. The van der Waals surface area contributed by atoms with Crippen LogP contribution in [0.3, 0.4) is 0 Å². The van der Waals surface area contributed by atoms with Crippen molar-refractivity contribution in [2.45, 2.75) is 13.0 Å². The average Bonchev–Trinajstić information content (AvgIpc) is 2.48. The van der Waals surface area contributed by atoms with Crippen molar-refractivity contribution in [3.8, 4) is 5.75 Å². The van der Waals surface area contributed by atoms with Gasteiger partial charge in [-0.2, -0.15) is 0 Å². The quantitative estimate of drug-likeness (QED) is 0.561. The Morgan fingerprint density at radius 2 is 2.05 bits per heavy atom. The van der Waals surface area contributed by atoms with Gasteiger partial charge in [-0.1, -0.05) is 29.8 Å². The molecule has 0 bridgehead atoms. The van der Waals surface area contributed by atoms with Crippen molar-refractivity contribution >= 4 is 17.4 Å². The molecular formula is C14H16ClN3O2. The van der Waals surface area contributed by atoms with Gasteiger partial charge in [0.25, 0.3) is 0 Å². The van der Waals surface area contributed by atoms with Gasteiger partial charge in [0, 0.05) is 6.61 Å². The number of pyridine rings is 1. The number of hydrazine groups is 1. The molecular weight excluding hydrogens is 278 g/mol. The van der Waals surface area contributed by atoms with Crippen molar-refractivity contribution in [1.29, 1.82) is 0 Å². The van der Waals surface area contributed by atoms with E-state index in [2.05, 4.69) is 10.4 Å². The molecule has 0 atom stereocenters. The number of halogens is 1. The number of ether oxygens (including phenoxy) is 1. The summed E-state index contributed by atoms with van der Waals surface area (Å²) in [6.07, 6.45) is 0.543. The molecule has 2 rings (SSSR count). The maximum atomic E-state index is 9.03. The Labute approximate surface area is 122 Å². The molecule has 0 amide bonds. The summed E-state index contributed by atoms with van der Waals surface area (Å²) >= 11 is 6.07. The Hall–Kier alpha value is -1.82. The molecule has 5 nitrogen and oxygen atoms in total. The molecule has 106 valence electrons. The number of nitrogens with one attached hydrogen (secondary N) is 1. The highest BCUT2D eigenvalue weighted by atomic mass is 35.5. The maximum Gasteiger partial charge on any atom is 0.140 e. The lowest BCUT2D eigenvalue weighted by atomic mass is 10.1. The van der Waals surface area contributed by atoms with Crippen molar-refractivity contribution in [3.05, 3.63) is 52.7 Å². The van der Waals surface area contributed by atoms with E-state index in [4.69, 9.17) is 27.3 Å². The van der Waals surface area contributed by atoms with Gasteiger partial charge in [0.2, 0.25) is 0 Å². The molecule has 0 aliphatic heterocycles. The van der Waals surface area contributed by atoms with Crippen LogP contribution in [0.15, 0.2) is 36.4 Å². The van der Waals surface area contributed by atoms with E-state index in [1.54, 1.807) is 12.1 Å². The maximum absolute atomic E-state index is 9.03. The minimum Gasteiger partial charge on any atom is -0.487 e. The van der Waals surface area contributed by atoms with E-state index >= 15 is 0 Å². The number of aromatic nitrogens is 1. The largest absolute Gasteiger partial charge is 0.487 e. The summed E-state index contributed by atoms with van der Waals surface area (Å²) in [5.74, 6) is 6.55. The van der Waals surface area contributed by atoms with Gasteiger partial charge in [0.15, 0.2) is 0 Å². The number of aliphatic hydroxyl groups excluding tert-OH is 1. The first-order chi connectivity index (χ1) is 9.74. The second-order valence-corrected chi connectivity index (χ2v) is 4.55. The first-order valence-corrected chi connectivity index (χ1v) is 6.56. The molecule has 1 aromatic carbocycles. The highest BCUT2D eigenvalue weighted by Gasteiger charge is 2.07. The first-order valence-electron chi connectivity index (χ1n) is 6.18. The molecule has 0 saturated heterocycles. The summed E-state index contributed by atoms with van der Waals surface area (Å²) in [5.41, 5.74) is 4.01. The van der Waals surface area contributed by atoms with E-state index in [1.807, 2.05) is 24.3 Å². The number of hydrogen-bond acceptors (Lipinski definition) is 5. The van der Waals surface area contributed by atoms with Gasteiger partial charge >= 0.3 is 0 Å². The van der Waals surface area contributed by atoms with E-state index < -0.39 is 0 Å². The number of benzene rings is 1. The SMILES string of the molecule is NNc1ccc(Cl)c(COc2ccccc2CCO)n1. The van der Waals surface area contributed by atoms with E-state index in [-0.39, 0.29) is 13.2 Å². The van der Waals surface area contributed by atoms with Crippen LogP contribution in [-0.4, -0.2) is 16.7 Å². The zero-order valence-corrected chi connectivity index (χ0v) is 11.6. The van der Waals surface area contributed by atoms with Crippen LogP contribution < -0.4 is 16.0 Å². The highest BCUT2D eigenvalue weighted by Crippen LogP contribution is 2.22. The molecule has 0 spiro atoms. The number of para-hydroxylation sites is 1. The van der Waals surface area contributed by atoms with Gasteiger partial charge in [-0.15, -0.1) is 0 Å². The normalized spacial score (nSPS) is 10.3. The fourth-order valence-electron chi connectivity index (χ4n) is 1.78. The van der Waals surface area contributed by atoms with Gasteiger partial charge < -0.3 is 15.3 Å². The number of rotatable bonds is 6. The van der Waals surface area contributed by atoms with Gasteiger partial charge in [0.05, 0.1) is 10.7 Å². The predicted octanol–water partition coefficient (Wildman–Crippen LogP) is 2.13. The third-order valence-corrected chi connectivity index (χ3v) is 3.13. The Bertz CT molecular complexity index is 578. The van der Waals surface area contributed by atoms with Gasteiger partial charge in [-0.3, -0.25) is 0 Å². The molecule has 0 unspecified atom stereocenters. The Balaban J connectivity index is 2.12. The number of hydrogen-bond donors (Lipinski definition) is 3. The molecule has 4 N–H and O–H groups in total. The molecule has 20 heavy (non-hydrogen) atoms. The summed E-state index contributed by atoms with van der Waals surface area (Å²) in [5, 5.41) is 9.55. The fourth-order valence-corrected chi connectivity index (χ4v) is 1.94. The molecule has 6 heteroatoms. The van der Waals surface area contributed by atoms with Crippen LogP contribution in [0.25, 0.3) is 0 Å². The van der Waals surface area contributed by atoms with E-state index in [1.165, 1.54) is 0 Å². The zero-order chi connectivity index (χ0) is 14.4. The molecule has 1 heterocycles. The number of aliphatic hydroxyl groups is 1. The smallest absolute Gasteiger partial charge is 0.140 e. The summed E-state index contributed by atoms with van der Waals surface area (Å²) in [6, 6.07) is 10.9. The molecule has 0 radical (unpaired) electrons. The highest BCUT2D eigenvalue weighted by molar-refractivity contribution is 6.31. The minimum absolute atomic E-state index is 0.0754. The van der Waals surface area contributed by atoms with Crippen molar-refractivity contribution in [1.82, 2.24) is 4.98 Å². The van der Waals surface area contributed by atoms with Crippen LogP contribution in [0.1, 0.15) is 11.3 Å². The lowest BCUT2D eigenvalue weighted by Crippen LogP contribution is -2.10. The topological polar surface area (TPSA) is 80.4 Å². The van der Waals surface area contributed by atoms with Gasteiger partial charge in [-0.05, 0) is 30.2 Å². The average molecular weight is 294 g/mol. The second kappa shape index (κ2) is 7.09. The van der Waals surface area contributed by atoms with Crippen molar-refractivity contribution in [2.75, 3.05) is 12.0 Å². The van der Waals surface area contributed by atoms with Crippen molar-refractivity contribution in [3.63, 3.8) is 0 Å². The van der Waals surface area contributed by atoms with Crippen molar-refractivity contribution in [2.24, 2.45) is 5.84 Å². The number of anilines is 1. The minimum atomic E-state index is 0.0754. The van der Waals surface area contributed by atoms with Crippen LogP contribution in [0.4, 0.5) is 5.82 Å². The van der Waals surface area contributed by atoms with Crippen LogP contribution in [0.2, 0.25) is 5.02 Å². The second-order valence-electron chi connectivity index (χ2n) is 4.14. The van der Waals surface area contributed by atoms with Crippen LogP contribution in [-0.2, 0) is 13.0 Å². The van der Waals surface area contributed by atoms with E-state index in [9.17, 15) is 0 Å². The van der Waals surface area contributed by atoms with E-state index in [0.29, 0.717) is 28.7 Å². The molecule has 2 aromatic rings. The summed E-state index contributed by atoms with van der Waals surface area (Å²) in [7, 11) is 0. The standard InChI is InChI=1S/C14H16ClN3O2/c15-11-5-6-14(18-16)17-12(11)9-20-13-4-2-1-3-10(13)7-8-19/h1-6,19H,7-9,16H2,(H,17,18). The summed E-state index contributed by atoms with van der Waals surface area (Å²) in [6.45, 7) is 0.308. The first kappa shape index (κ1) is 14.6. The van der Waals surface area contributed by atoms with Gasteiger partial charge in [0.1, 0.15) is 18.2 Å². The molecule has 1 aromatic heterocycles. The van der Waals surface area contributed by atoms with Crippen LogP contribution in [0.5, 0.6) is 5.75 Å².